The molecule has 0 aliphatic carbocycles. The molecule has 7 heteroatoms. The van der Waals surface area contributed by atoms with Gasteiger partial charge in [-0.3, -0.25) is 9.59 Å². The quantitative estimate of drug-likeness (QED) is 0.205. The summed E-state index contributed by atoms with van der Waals surface area (Å²) in [5, 5.41) is 4.40. The summed E-state index contributed by atoms with van der Waals surface area (Å²) in [5.74, 6) is -1.12. The Bertz CT molecular complexity index is 1550. The number of benzene rings is 4. The number of fused-ring (bicyclic) bond motifs is 1. The molecule has 0 saturated heterocycles. The summed E-state index contributed by atoms with van der Waals surface area (Å²) in [7, 11) is 0. The fourth-order valence-corrected chi connectivity index (χ4v) is 4.39. The molecule has 0 unspecified atom stereocenters. The zero-order chi connectivity index (χ0) is 25.4. The number of anilines is 2. The van der Waals surface area contributed by atoms with Crippen molar-refractivity contribution in [1.82, 2.24) is 0 Å². The van der Waals surface area contributed by atoms with Crippen LogP contribution in [0.15, 0.2) is 95.7 Å². The monoisotopic (exact) mass is 496 g/mol. The van der Waals surface area contributed by atoms with Crippen molar-refractivity contribution in [3.05, 3.63) is 112 Å². The number of ether oxygens (including phenoxy) is 1. The molecule has 0 radical (unpaired) electrons. The van der Waals surface area contributed by atoms with Crippen molar-refractivity contribution < 1.29 is 19.1 Å². The van der Waals surface area contributed by atoms with Crippen LogP contribution < -0.4 is 15.0 Å². The smallest absolute Gasteiger partial charge is 0.343 e. The van der Waals surface area contributed by atoms with E-state index in [1.807, 2.05) is 62.4 Å². The number of rotatable bonds is 5. The minimum atomic E-state index is -0.602. The summed E-state index contributed by atoms with van der Waals surface area (Å²) in [6, 6.07) is 25.0. The second-order valence-corrected chi connectivity index (χ2v) is 8.82. The first kappa shape index (κ1) is 23.3. The van der Waals surface area contributed by atoms with E-state index in [1.54, 1.807) is 36.4 Å². The Balaban J connectivity index is 1.36. The van der Waals surface area contributed by atoms with Crippen molar-refractivity contribution in [1.29, 1.82) is 0 Å². The Hall–Kier alpha value is -4.42. The van der Waals surface area contributed by atoms with Gasteiger partial charge in [0.1, 0.15) is 16.5 Å². The van der Waals surface area contributed by atoms with Crippen LogP contribution in [0.4, 0.5) is 11.4 Å². The van der Waals surface area contributed by atoms with Gasteiger partial charge < -0.3 is 10.1 Å². The standard InChI is InChI=1S/C29H21ClN2O4/c1-17-7-5-8-18(2)26(17)36-29(35)20-13-15-21(16-14-20)31-25-24(30)27(33)32(28(25)34)23-12-6-10-19-9-3-4-11-22(19)23/h3-16,31H,1-2H3. The highest BCUT2D eigenvalue weighted by Crippen LogP contribution is 2.34. The lowest BCUT2D eigenvalue weighted by Gasteiger charge is -2.17. The zero-order valence-corrected chi connectivity index (χ0v) is 20.3. The number of nitrogens with one attached hydrogen (secondary N) is 1. The van der Waals surface area contributed by atoms with Crippen LogP contribution in [-0.4, -0.2) is 17.8 Å². The summed E-state index contributed by atoms with van der Waals surface area (Å²) in [5.41, 5.74) is 3.00. The molecule has 6 nitrogen and oxygen atoms in total. The van der Waals surface area contributed by atoms with Crippen molar-refractivity contribution in [2.45, 2.75) is 13.8 Å². The van der Waals surface area contributed by atoms with Crippen LogP contribution in [0.5, 0.6) is 5.75 Å². The van der Waals surface area contributed by atoms with E-state index in [1.165, 1.54) is 0 Å². The van der Waals surface area contributed by atoms with Gasteiger partial charge in [-0.05, 0) is 60.7 Å². The number of nitrogens with zero attached hydrogens (tertiary/aromatic N) is 1. The zero-order valence-electron chi connectivity index (χ0n) is 19.5. The van der Waals surface area contributed by atoms with Crippen molar-refractivity contribution in [2.75, 3.05) is 10.2 Å². The molecule has 1 aliphatic heterocycles. The third-order valence-corrected chi connectivity index (χ3v) is 6.38. The van der Waals surface area contributed by atoms with Gasteiger partial charge in [0, 0.05) is 11.1 Å². The van der Waals surface area contributed by atoms with E-state index in [-0.39, 0.29) is 10.7 Å². The topological polar surface area (TPSA) is 75.7 Å². The lowest BCUT2D eigenvalue weighted by molar-refractivity contribution is -0.120. The molecule has 178 valence electrons. The van der Waals surface area contributed by atoms with E-state index in [4.69, 9.17) is 16.3 Å². The molecule has 0 atom stereocenters. The minimum Gasteiger partial charge on any atom is -0.422 e. The number of hydrogen-bond acceptors (Lipinski definition) is 5. The average molecular weight is 497 g/mol. The fraction of sp³-hybridized carbons (Fsp3) is 0.0690. The maximum atomic E-state index is 13.2. The Morgan fingerprint density at radius 1 is 0.806 bits per heavy atom. The molecule has 1 aliphatic rings. The van der Waals surface area contributed by atoms with Gasteiger partial charge in [-0.2, -0.15) is 0 Å². The number of esters is 1. The summed E-state index contributed by atoms with van der Waals surface area (Å²) in [6.07, 6.45) is 0. The molecular weight excluding hydrogens is 476 g/mol. The summed E-state index contributed by atoms with van der Waals surface area (Å²) in [6.45, 7) is 3.75. The van der Waals surface area contributed by atoms with Gasteiger partial charge in [0.2, 0.25) is 0 Å². The first-order chi connectivity index (χ1) is 17.3. The van der Waals surface area contributed by atoms with Crippen LogP contribution >= 0.6 is 11.6 Å². The number of halogens is 1. The molecule has 0 bridgehead atoms. The molecule has 0 saturated carbocycles. The molecule has 0 spiro atoms. The van der Waals surface area contributed by atoms with Gasteiger partial charge >= 0.3 is 5.97 Å². The number of amides is 2. The maximum absolute atomic E-state index is 13.2. The van der Waals surface area contributed by atoms with Crippen LogP contribution in [0, 0.1) is 13.8 Å². The largest absolute Gasteiger partial charge is 0.422 e. The normalized spacial score (nSPS) is 13.5. The van der Waals surface area contributed by atoms with Crippen LogP contribution in [-0.2, 0) is 9.59 Å². The van der Waals surface area contributed by atoms with Crippen LogP contribution in [0.2, 0.25) is 0 Å². The van der Waals surface area contributed by atoms with Crippen molar-refractivity contribution >= 4 is 51.5 Å². The molecule has 5 rings (SSSR count). The average Bonchev–Trinajstić information content (AvgIpc) is 3.09. The van der Waals surface area contributed by atoms with Gasteiger partial charge in [0.15, 0.2) is 0 Å². The van der Waals surface area contributed by atoms with Gasteiger partial charge in [-0.1, -0.05) is 66.2 Å². The Labute approximate surface area is 212 Å². The Morgan fingerprint density at radius 3 is 2.17 bits per heavy atom. The summed E-state index contributed by atoms with van der Waals surface area (Å²) < 4.78 is 5.59. The number of aryl methyl sites for hydroxylation is 2. The van der Waals surface area contributed by atoms with Crippen LogP contribution in [0.25, 0.3) is 10.8 Å². The van der Waals surface area contributed by atoms with E-state index < -0.39 is 17.8 Å². The van der Waals surface area contributed by atoms with E-state index in [9.17, 15) is 14.4 Å². The second-order valence-electron chi connectivity index (χ2n) is 8.45. The van der Waals surface area contributed by atoms with Crippen LogP contribution in [0.1, 0.15) is 21.5 Å². The number of carbonyl (C=O) groups is 3. The van der Waals surface area contributed by atoms with E-state index >= 15 is 0 Å². The first-order valence-electron chi connectivity index (χ1n) is 11.3. The van der Waals surface area contributed by atoms with E-state index in [0.717, 1.165) is 26.8 Å². The molecule has 2 amide bonds. The SMILES string of the molecule is Cc1cccc(C)c1OC(=O)c1ccc(NC2=C(Cl)C(=O)N(c3cccc4ccccc34)C2=O)cc1. The Kier molecular flexibility index (Phi) is 6.04. The van der Waals surface area contributed by atoms with Gasteiger partial charge in [-0.15, -0.1) is 0 Å². The number of hydrogen-bond donors (Lipinski definition) is 1. The Morgan fingerprint density at radius 2 is 1.44 bits per heavy atom. The van der Waals surface area contributed by atoms with Crippen molar-refractivity contribution in [3.63, 3.8) is 0 Å². The molecule has 4 aromatic rings. The summed E-state index contributed by atoms with van der Waals surface area (Å²) in [4.78, 5) is 39.9. The summed E-state index contributed by atoms with van der Waals surface area (Å²) >= 11 is 6.30. The van der Waals surface area contributed by atoms with Gasteiger partial charge in [-0.25, -0.2) is 9.69 Å². The fourth-order valence-electron chi connectivity index (χ4n) is 4.18. The number of carbonyl (C=O) groups excluding carboxylic acids is 3. The van der Waals surface area contributed by atoms with E-state index in [2.05, 4.69) is 5.32 Å². The number of imide groups is 1. The maximum Gasteiger partial charge on any atom is 0.343 e. The van der Waals surface area contributed by atoms with Crippen molar-refractivity contribution in [3.8, 4) is 5.75 Å². The third-order valence-electron chi connectivity index (χ3n) is 6.03. The predicted octanol–water partition coefficient (Wildman–Crippen LogP) is 6.11. The molecule has 1 heterocycles. The van der Waals surface area contributed by atoms with Crippen molar-refractivity contribution in [2.24, 2.45) is 0 Å². The second kappa shape index (κ2) is 9.32. The van der Waals surface area contributed by atoms with E-state index in [0.29, 0.717) is 22.7 Å². The molecule has 0 fully saturated rings. The first-order valence-corrected chi connectivity index (χ1v) is 11.6. The minimum absolute atomic E-state index is 0.0273. The highest BCUT2D eigenvalue weighted by Gasteiger charge is 2.39. The predicted molar refractivity (Wildman–Crippen MR) is 140 cm³/mol. The van der Waals surface area contributed by atoms with Gasteiger partial charge in [0.05, 0.1) is 11.3 Å². The number of para-hydroxylation sites is 1. The highest BCUT2D eigenvalue weighted by molar-refractivity contribution is 6.53. The van der Waals surface area contributed by atoms with Gasteiger partial charge in [0.25, 0.3) is 11.8 Å². The molecule has 36 heavy (non-hydrogen) atoms. The molecule has 1 N–H and O–H groups in total. The molecule has 4 aromatic carbocycles. The lowest BCUT2D eigenvalue weighted by atomic mass is 10.1. The molecular formula is C29H21ClN2O4. The molecule has 0 aromatic heterocycles. The highest BCUT2D eigenvalue weighted by atomic mass is 35.5. The third kappa shape index (κ3) is 4.12. The lowest BCUT2D eigenvalue weighted by Crippen LogP contribution is -2.32. The van der Waals surface area contributed by atoms with Crippen LogP contribution in [0.3, 0.4) is 0 Å².